The molecule has 1 aliphatic carbocycles. The lowest BCUT2D eigenvalue weighted by Crippen LogP contribution is -2.57. The predicted octanol–water partition coefficient (Wildman–Crippen LogP) is 2.43. The summed E-state index contributed by atoms with van der Waals surface area (Å²) in [5.74, 6) is -1.17. The molecule has 1 N–H and O–H groups in total. The minimum Gasteiger partial charge on any atom is -0.362 e. The van der Waals surface area contributed by atoms with Crippen molar-refractivity contribution in [2.45, 2.75) is 57.3 Å². The summed E-state index contributed by atoms with van der Waals surface area (Å²) in [5.41, 5.74) is -3.06. The zero-order valence-corrected chi connectivity index (χ0v) is 10.7. The Balaban J connectivity index is 2.23. The van der Waals surface area contributed by atoms with Crippen LogP contribution in [-0.2, 0) is 4.79 Å². The summed E-state index contributed by atoms with van der Waals surface area (Å²) in [4.78, 5) is 12.2. The second kappa shape index (κ2) is 4.77. The lowest BCUT2D eigenvalue weighted by atomic mass is 9.88. The van der Waals surface area contributed by atoms with Crippen LogP contribution in [0, 0.1) is 5.92 Å². The third-order valence-corrected chi connectivity index (χ3v) is 3.74. The lowest BCUT2D eigenvalue weighted by molar-refractivity contribution is -0.303. The van der Waals surface area contributed by atoms with Crippen LogP contribution in [0.5, 0.6) is 0 Å². The number of alkyl halides is 3. The number of carbonyl (C=O) groups is 1. The molecule has 0 aromatic heterocycles. The fraction of sp³-hybridized carbons (Fsp3) is 0.833. The zero-order valence-electron chi connectivity index (χ0n) is 10.7. The van der Waals surface area contributed by atoms with Crippen molar-refractivity contribution >= 4 is 11.6 Å². The molecular formula is C12H17F3N2O2. The fourth-order valence-electron chi connectivity index (χ4n) is 2.69. The summed E-state index contributed by atoms with van der Waals surface area (Å²) in [5, 5.41) is 13.7. The Hall–Kier alpha value is -1.11. The molecule has 2 aliphatic rings. The number of hydrogen-bond donors (Lipinski definition) is 1. The highest BCUT2D eigenvalue weighted by Crippen LogP contribution is 2.41. The fourth-order valence-corrected chi connectivity index (χ4v) is 2.69. The van der Waals surface area contributed by atoms with Crippen LogP contribution in [0.4, 0.5) is 13.2 Å². The van der Waals surface area contributed by atoms with Gasteiger partial charge in [0.15, 0.2) is 0 Å². The van der Waals surface area contributed by atoms with E-state index in [4.69, 9.17) is 0 Å². The molecule has 1 aliphatic heterocycles. The van der Waals surface area contributed by atoms with Crippen molar-refractivity contribution in [1.82, 2.24) is 5.01 Å². The van der Waals surface area contributed by atoms with Gasteiger partial charge < -0.3 is 5.11 Å². The number of rotatable bonds is 1. The highest BCUT2D eigenvalue weighted by molar-refractivity contribution is 5.89. The molecule has 1 amide bonds. The van der Waals surface area contributed by atoms with Gasteiger partial charge in [-0.05, 0) is 19.8 Å². The summed E-state index contributed by atoms with van der Waals surface area (Å²) in [7, 11) is 0. The molecule has 0 aromatic carbocycles. The Morgan fingerprint density at radius 2 is 1.95 bits per heavy atom. The van der Waals surface area contributed by atoms with E-state index < -0.39 is 30.1 Å². The minimum absolute atomic E-state index is 0.115. The maximum absolute atomic E-state index is 13.0. The van der Waals surface area contributed by atoms with Gasteiger partial charge in [-0.3, -0.25) is 4.79 Å². The van der Waals surface area contributed by atoms with Gasteiger partial charge in [0.1, 0.15) is 0 Å². The van der Waals surface area contributed by atoms with Gasteiger partial charge in [-0.2, -0.15) is 23.3 Å². The van der Waals surface area contributed by atoms with E-state index in [2.05, 4.69) is 5.10 Å². The largest absolute Gasteiger partial charge is 0.438 e. The highest BCUT2D eigenvalue weighted by atomic mass is 19.4. The molecule has 1 atom stereocenters. The molecule has 19 heavy (non-hydrogen) atoms. The molecule has 108 valence electrons. The summed E-state index contributed by atoms with van der Waals surface area (Å²) in [6, 6.07) is 0. The highest BCUT2D eigenvalue weighted by Gasteiger charge is 2.63. The maximum Gasteiger partial charge on any atom is 0.438 e. The first-order valence-electron chi connectivity index (χ1n) is 6.43. The van der Waals surface area contributed by atoms with E-state index in [0.29, 0.717) is 12.8 Å². The van der Waals surface area contributed by atoms with Crippen LogP contribution in [0.15, 0.2) is 5.10 Å². The second-order valence-electron chi connectivity index (χ2n) is 5.31. The number of carbonyl (C=O) groups excluding carboxylic acids is 1. The Labute approximate surface area is 109 Å². The van der Waals surface area contributed by atoms with Crippen molar-refractivity contribution in [3.05, 3.63) is 0 Å². The molecule has 0 saturated heterocycles. The van der Waals surface area contributed by atoms with Crippen molar-refractivity contribution in [3.63, 3.8) is 0 Å². The molecule has 1 heterocycles. The summed E-state index contributed by atoms with van der Waals surface area (Å²) in [6.45, 7) is 1.38. The molecule has 1 saturated carbocycles. The summed E-state index contributed by atoms with van der Waals surface area (Å²) in [6.07, 6.45) is -1.78. The average Bonchev–Trinajstić information content (AvgIpc) is 2.65. The first-order valence-corrected chi connectivity index (χ1v) is 6.43. The minimum atomic E-state index is -4.90. The van der Waals surface area contributed by atoms with Crippen LogP contribution in [0.1, 0.15) is 45.4 Å². The van der Waals surface area contributed by atoms with E-state index >= 15 is 0 Å². The van der Waals surface area contributed by atoms with Crippen molar-refractivity contribution in [1.29, 1.82) is 0 Å². The SMILES string of the molecule is CC1=NN(C(=O)C2CCCCC2)C(O)(C(F)(F)F)C1. The quantitative estimate of drug-likeness (QED) is 0.801. The van der Waals surface area contributed by atoms with Crippen molar-refractivity contribution < 1.29 is 23.1 Å². The Morgan fingerprint density at radius 1 is 1.37 bits per heavy atom. The molecule has 1 fully saturated rings. The topological polar surface area (TPSA) is 52.9 Å². The molecular weight excluding hydrogens is 261 g/mol. The van der Waals surface area contributed by atoms with Gasteiger partial charge in [-0.25, -0.2) is 0 Å². The first-order chi connectivity index (χ1) is 8.75. The molecule has 2 rings (SSSR count). The molecule has 0 aromatic rings. The van der Waals surface area contributed by atoms with Crippen LogP contribution >= 0.6 is 0 Å². The van der Waals surface area contributed by atoms with E-state index in [1.807, 2.05) is 0 Å². The van der Waals surface area contributed by atoms with Gasteiger partial charge in [0.05, 0.1) is 0 Å². The molecule has 7 heteroatoms. The standard InChI is InChI=1S/C12H17F3N2O2/c1-8-7-11(19,12(13,14)15)17(16-8)10(18)9-5-3-2-4-6-9/h9,19H,2-7H2,1H3. The number of halogens is 3. The zero-order chi connectivity index (χ0) is 14.3. The number of hydrogen-bond acceptors (Lipinski definition) is 3. The number of nitrogens with zero attached hydrogens (tertiary/aromatic N) is 2. The van der Waals surface area contributed by atoms with E-state index in [0.717, 1.165) is 19.3 Å². The maximum atomic E-state index is 13.0. The lowest BCUT2D eigenvalue weighted by Gasteiger charge is -2.35. The number of amides is 1. The van der Waals surface area contributed by atoms with Crippen molar-refractivity contribution in [2.24, 2.45) is 11.0 Å². The van der Waals surface area contributed by atoms with Gasteiger partial charge in [-0.15, -0.1) is 0 Å². The van der Waals surface area contributed by atoms with E-state index in [9.17, 15) is 23.1 Å². The van der Waals surface area contributed by atoms with E-state index in [-0.39, 0.29) is 10.7 Å². The van der Waals surface area contributed by atoms with E-state index in [1.54, 1.807) is 0 Å². The molecule has 4 nitrogen and oxygen atoms in total. The molecule has 1 unspecified atom stereocenters. The smallest absolute Gasteiger partial charge is 0.362 e. The van der Waals surface area contributed by atoms with Crippen LogP contribution in [0.3, 0.4) is 0 Å². The van der Waals surface area contributed by atoms with Crippen LogP contribution in [0.2, 0.25) is 0 Å². The molecule has 0 radical (unpaired) electrons. The summed E-state index contributed by atoms with van der Waals surface area (Å²) >= 11 is 0. The van der Waals surface area contributed by atoms with Gasteiger partial charge in [0.25, 0.3) is 5.72 Å². The third-order valence-electron chi connectivity index (χ3n) is 3.74. The predicted molar refractivity (Wildman–Crippen MR) is 62.2 cm³/mol. The summed E-state index contributed by atoms with van der Waals surface area (Å²) < 4.78 is 38.9. The Bertz CT molecular complexity index is 402. The third kappa shape index (κ3) is 2.48. The normalized spacial score (nSPS) is 29.5. The Morgan fingerprint density at radius 3 is 2.47 bits per heavy atom. The van der Waals surface area contributed by atoms with Crippen molar-refractivity contribution in [3.8, 4) is 0 Å². The van der Waals surface area contributed by atoms with Gasteiger partial charge in [-0.1, -0.05) is 19.3 Å². The molecule has 0 bridgehead atoms. The van der Waals surface area contributed by atoms with Gasteiger partial charge in [0.2, 0.25) is 5.91 Å². The monoisotopic (exact) mass is 278 g/mol. The van der Waals surface area contributed by atoms with Crippen LogP contribution < -0.4 is 0 Å². The van der Waals surface area contributed by atoms with Gasteiger partial charge >= 0.3 is 6.18 Å². The van der Waals surface area contributed by atoms with Crippen LogP contribution in [0.25, 0.3) is 0 Å². The first kappa shape index (κ1) is 14.3. The van der Waals surface area contributed by atoms with Crippen LogP contribution in [-0.4, -0.2) is 33.6 Å². The van der Waals surface area contributed by atoms with Crippen molar-refractivity contribution in [2.75, 3.05) is 0 Å². The number of aliphatic hydroxyl groups is 1. The van der Waals surface area contributed by atoms with E-state index in [1.165, 1.54) is 6.92 Å². The van der Waals surface area contributed by atoms with Gasteiger partial charge in [0, 0.05) is 18.1 Å². The average molecular weight is 278 g/mol. The second-order valence-corrected chi connectivity index (χ2v) is 5.31. The Kier molecular flexibility index (Phi) is 3.59. The number of hydrazone groups is 1. The molecule has 0 spiro atoms.